The summed E-state index contributed by atoms with van der Waals surface area (Å²) in [6.45, 7) is 0.137. The normalized spacial score (nSPS) is 12.2. The molecule has 0 fully saturated rings. The molecule has 8 heteroatoms. The second-order valence-corrected chi connectivity index (χ2v) is 10.5. The SMILES string of the molecule is CN(CC(=O)N(Cc1ccccc1)[C@H](Cc1ccccc1)C(=O)NCc1ccccc1)S(C)(=O)=O. The molecule has 35 heavy (non-hydrogen) atoms. The third-order valence-electron chi connectivity index (χ3n) is 5.70. The second kappa shape index (κ2) is 12.3. The Hall–Kier alpha value is -3.49. The molecule has 1 atom stereocenters. The fourth-order valence-corrected chi connectivity index (χ4v) is 3.98. The second-order valence-electron chi connectivity index (χ2n) is 8.44. The van der Waals surface area contributed by atoms with Gasteiger partial charge in [0, 0.05) is 26.6 Å². The lowest BCUT2D eigenvalue weighted by atomic mass is 10.0. The number of sulfonamides is 1. The van der Waals surface area contributed by atoms with Crippen LogP contribution in [-0.2, 0) is 39.1 Å². The summed E-state index contributed by atoms with van der Waals surface area (Å²) >= 11 is 0. The number of likely N-dealkylation sites (N-methyl/N-ethyl adjacent to an activating group) is 1. The summed E-state index contributed by atoms with van der Waals surface area (Å²) in [5, 5.41) is 2.96. The number of amides is 2. The zero-order chi connectivity index (χ0) is 25.3. The summed E-state index contributed by atoms with van der Waals surface area (Å²) in [5.41, 5.74) is 2.68. The van der Waals surface area contributed by atoms with E-state index in [0.717, 1.165) is 27.3 Å². The fraction of sp³-hybridized carbons (Fsp3) is 0.259. The fourth-order valence-electron chi connectivity index (χ4n) is 3.64. The van der Waals surface area contributed by atoms with Crippen molar-refractivity contribution in [1.29, 1.82) is 0 Å². The first-order chi connectivity index (χ1) is 16.7. The maximum atomic E-state index is 13.5. The van der Waals surface area contributed by atoms with Crippen LogP contribution >= 0.6 is 0 Å². The molecule has 0 unspecified atom stereocenters. The van der Waals surface area contributed by atoms with Gasteiger partial charge in [-0.3, -0.25) is 9.59 Å². The van der Waals surface area contributed by atoms with Crippen LogP contribution in [0.4, 0.5) is 0 Å². The average molecular weight is 494 g/mol. The summed E-state index contributed by atoms with van der Waals surface area (Å²) in [7, 11) is -2.21. The van der Waals surface area contributed by atoms with Crippen LogP contribution in [0, 0.1) is 0 Å². The van der Waals surface area contributed by atoms with E-state index in [0.29, 0.717) is 13.0 Å². The van der Waals surface area contributed by atoms with Crippen LogP contribution in [0.25, 0.3) is 0 Å². The number of hydrogen-bond acceptors (Lipinski definition) is 4. The van der Waals surface area contributed by atoms with Crippen molar-refractivity contribution in [3.8, 4) is 0 Å². The van der Waals surface area contributed by atoms with E-state index in [-0.39, 0.29) is 19.0 Å². The van der Waals surface area contributed by atoms with Crippen molar-refractivity contribution >= 4 is 21.8 Å². The minimum Gasteiger partial charge on any atom is -0.350 e. The van der Waals surface area contributed by atoms with E-state index in [1.54, 1.807) is 0 Å². The molecule has 0 radical (unpaired) electrons. The zero-order valence-corrected chi connectivity index (χ0v) is 20.8. The van der Waals surface area contributed by atoms with Crippen LogP contribution in [0.1, 0.15) is 16.7 Å². The maximum Gasteiger partial charge on any atom is 0.243 e. The Labute approximate surface area is 207 Å². The van der Waals surface area contributed by atoms with Crippen molar-refractivity contribution in [3.63, 3.8) is 0 Å². The van der Waals surface area contributed by atoms with Gasteiger partial charge in [0.25, 0.3) is 0 Å². The Morgan fingerprint density at radius 2 is 1.29 bits per heavy atom. The topological polar surface area (TPSA) is 86.8 Å². The minimum absolute atomic E-state index is 0.174. The van der Waals surface area contributed by atoms with Crippen LogP contribution in [-0.4, -0.2) is 55.3 Å². The molecule has 2 amide bonds. The molecule has 0 aliphatic rings. The summed E-state index contributed by atoms with van der Waals surface area (Å²) in [5.74, 6) is -0.749. The molecular weight excluding hydrogens is 462 g/mol. The van der Waals surface area contributed by atoms with Gasteiger partial charge in [0.05, 0.1) is 12.8 Å². The predicted octanol–water partition coefficient (Wildman–Crippen LogP) is 2.83. The van der Waals surface area contributed by atoms with Gasteiger partial charge in [-0.1, -0.05) is 91.0 Å². The molecule has 0 bridgehead atoms. The molecule has 0 aliphatic heterocycles. The minimum atomic E-state index is -3.57. The third-order valence-corrected chi connectivity index (χ3v) is 6.96. The third kappa shape index (κ3) is 8.05. The highest BCUT2D eigenvalue weighted by molar-refractivity contribution is 7.88. The first-order valence-electron chi connectivity index (χ1n) is 11.3. The van der Waals surface area contributed by atoms with Crippen LogP contribution in [0.3, 0.4) is 0 Å². The largest absolute Gasteiger partial charge is 0.350 e. The van der Waals surface area contributed by atoms with E-state index < -0.39 is 22.0 Å². The highest BCUT2D eigenvalue weighted by Gasteiger charge is 2.31. The molecule has 3 aromatic rings. The van der Waals surface area contributed by atoms with Gasteiger partial charge in [-0.05, 0) is 16.7 Å². The van der Waals surface area contributed by atoms with Crippen LogP contribution in [0.15, 0.2) is 91.0 Å². The Morgan fingerprint density at radius 1 is 0.800 bits per heavy atom. The highest BCUT2D eigenvalue weighted by Crippen LogP contribution is 2.16. The molecule has 0 heterocycles. The molecule has 0 spiro atoms. The molecule has 3 rings (SSSR count). The Balaban J connectivity index is 1.92. The quantitative estimate of drug-likeness (QED) is 0.445. The van der Waals surface area contributed by atoms with Gasteiger partial charge in [-0.25, -0.2) is 8.42 Å². The molecule has 1 N–H and O–H groups in total. The van der Waals surface area contributed by atoms with Gasteiger partial charge in [-0.15, -0.1) is 0 Å². The lowest BCUT2D eigenvalue weighted by Crippen LogP contribution is -2.52. The smallest absolute Gasteiger partial charge is 0.243 e. The van der Waals surface area contributed by atoms with Crippen molar-refractivity contribution < 1.29 is 18.0 Å². The first kappa shape index (κ1) is 26.1. The molecule has 3 aromatic carbocycles. The monoisotopic (exact) mass is 493 g/mol. The first-order valence-corrected chi connectivity index (χ1v) is 13.2. The zero-order valence-electron chi connectivity index (χ0n) is 20.0. The molecule has 184 valence electrons. The lowest BCUT2D eigenvalue weighted by Gasteiger charge is -2.32. The maximum absolute atomic E-state index is 13.5. The van der Waals surface area contributed by atoms with Crippen LogP contribution in [0.2, 0.25) is 0 Å². The van der Waals surface area contributed by atoms with E-state index in [1.807, 2.05) is 91.0 Å². The lowest BCUT2D eigenvalue weighted by molar-refractivity contribution is -0.141. The van der Waals surface area contributed by atoms with Gasteiger partial charge in [0.1, 0.15) is 6.04 Å². The number of nitrogens with zero attached hydrogens (tertiary/aromatic N) is 2. The van der Waals surface area contributed by atoms with Crippen molar-refractivity contribution in [2.75, 3.05) is 19.8 Å². The molecule has 0 saturated heterocycles. The van der Waals surface area contributed by atoms with Crippen LogP contribution < -0.4 is 5.32 Å². The van der Waals surface area contributed by atoms with Gasteiger partial charge in [0.15, 0.2) is 0 Å². The van der Waals surface area contributed by atoms with Gasteiger partial charge >= 0.3 is 0 Å². The molecule has 0 saturated carbocycles. The summed E-state index contributed by atoms with van der Waals surface area (Å²) in [6, 6.07) is 27.5. The van der Waals surface area contributed by atoms with Gasteiger partial charge in [-0.2, -0.15) is 4.31 Å². The number of hydrogen-bond donors (Lipinski definition) is 1. The standard InChI is InChI=1S/C27H31N3O4S/c1-29(35(2,33)34)21-26(31)30(20-24-16-10-5-11-17-24)25(18-22-12-6-3-7-13-22)27(32)28-19-23-14-8-4-9-15-23/h3-17,25H,18-21H2,1-2H3,(H,28,32)/t25-/m1/s1. The number of rotatable bonds is 11. The number of nitrogens with one attached hydrogen (secondary N) is 1. The van der Waals surface area contributed by atoms with E-state index in [9.17, 15) is 18.0 Å². The summed E-state index contributed by atoms with van der Waals surface area (Å²) < 4.78 is 25.0. The van der Waals surface area contributed by atoms with E-state index in [4.69, 9.17) is 0 Å². The highest BCUT2D eigenvalue weighted by atomic mass is 32.2. The van der Waals surface area contributed by atoms with Crippen molar-refractivity contribution in [1.82, 2.24) is 14.5 Å². The predicted molar refractivity (Wildman–Crippen MR) is 137 cm³/mol. The molecule has 0 aromatic heterocycles. The molecule has 7 nitrogen and oxygen atoms in total. The van der Waals surface area contributed by atoms with E-state index in [2.05, 4.69) is 5.32 Å². The Kier molecular flexibility index (Phi) is 9.17. The van der Waals surface area contributed by atoms with E-state index >= 15 is 0 Å². The number of carbonyl (C=O) groups excluding carboxylic acids is 2. The van der Waals surface area contributed by atoms with Gasteiger partial charge < -0.3 is 10.2 Å². The van der Waals surface area contributed by atoms with Gasteiger partial charge in [0.2, 0.25) is 21.8 Å². The molecule has 0 aliphatic carbocycles. The summed E-state index contributed by atoms with van der Waals surface area (Å²) in [6.07, 6.45) is 1.35. The van der Waals surface area contributed by atoms with Crippen molar-refractivity contribution in [3.05, 3.63) is 108 Å². The molecular formula is C27H31N3O4S. The van der Waals surface area contributed by atoms with Crippen molar-refractivity contribution in [2.45, 2.75) is 25.6 Å². The Morgan fingerprint density at radius 3 is 1.80 bits per heavy atom. The number of carbonyl (C=O) groups is 2. The Bertz CT molecular complexity index is 1200. The van der Waals surface area contributed by atoms with Crippen molar-refractivity contribution in [2.24, 2.45) is 0 Å². The average Bonchev–Trinajstić information content (AvgIpc) is 2.86. The van der Waals surface area contributed by atoms with E-state index in [1.165, 1.54) is 11.9 Å². The van der Waals surface area contributed by atoms with Crippen LogP contribution in [0.5, 0.6) is 0 Å². The number of benzene rings is 3. The summed E-state index contributed by atoms with van der Waals surface area (Å²) in [4.78, 5) is 28.4.